The normalized spacial score (nSPS) is 17.0. The molecule has 0 spiro atoms. The molecule has 1 atom stereocenters. The maximum atomic E-state index is 12.7. The van der Waals surface area contributed by atoms with Crippen LogP contribution in [0.4, 0.5) is 5.69 Å². The van der Waals surface area contributed by atoms with Gasteiger partial charge in [0.15, 0.2) is 0 Å². The highest BCUT2D eigenvalue weighted by atomic mass is 35.5. The van der Waals surface area contributed by atoms with Gasteiger partial charge in [-0.1, -0.05) is 17.7 Å². The summed E-state index contributed by atoms with van der Waals surface area (Å²) in [5.74, 6) is 0.563. The van der Waals surface area contributed by atoms with Gasteiger partial charge in [-0.2, -0.15) is 0 Å². The minimum atomic E-state index is -0.206. The van der Waals surface area contributed by atoms with E-state index in [9.17, 15) is 4.79 Å². The van der Waals surface area contributed by atoms with E-state index in [2.05, 4.69) is 32.6 Å². The van der Waals surface area contributed by atoms with Crippen LogP contribution in [0, 0.1) is 0 Å². The molecule has 1 fully saturated rings. The van der Waals surface area contributed by atoms with Crippen molar-refractivity contribution in [1.82, 2.24) is 9.80 Å². The molecule has 0 aliphatic carbocycles. The molecule has 1 aromatic heterocycles. The van der Waals surface area contributed by atoms with Crippen molar-refractivity contribution >= 4 is 34.5 Å². The first-order valence-electron chi connectivity index (χ1n) is 8.70. The number of piperazine rings is 1. The van der Waals surface area contributed by atoms with Gasteiger partial charge in [0.1, 0.15) is 5.75 Å². The number of nitrogens with one attached hydrogen (secondary N) is 1. The van der Waals surface area contributed by atoms with Crippen molar-refractivity contribution in [1.29, 1.82) is 0 Å². The Hall–Kier alpha value is -1.60. The number of hydrogen-bond acceptors (Lipinski definition) is 5. The van der Waals surface area contributed by atoms with E-state index in [-0.39, 0.29) is 11.9 Å². The van der Waals surface area contributed by atoms with Gasteiger partial charge in [0.05, 0.1) is 18.8 Å². The van der Waals surface area contributed by atoms with Gasteiger partial charge in [-0.05, 0) is 36.6 Å². The summed E-state index contributed by atoms with van der Waals surface area (Å²) in [6, 6.07) is 9.27. The summed E-state index contributed by atoms with van der Waals surface area (Å²) in [6.07, 6.45) is 0. The summed E-state index contributed by atoms with van der Waals surface area (Å²) < 4.78 is 5.30. The zero-order chi connectivity index (χ0) is 18.5. The van der Waals surface area contributed by atoms with Crippen LogP contribution in [0.5, 0.6) is 5.75 Å². The standard InChI is InChI=1S/C19H24ClN3O2S/c1-14(19(24)21-17-12-15(20)5-6-18(17)25-2)23-9-7-22(8-10-23)13-16-4-3-11-26-16/h3-6,11-12,14H,7-10,13H2,1-2H3,(H,21,24)/t14-/m0/s1. The molecule has 2 heterocycles. The number of hydrogen-bond donors (Lipinski definition) is 1. The third-order valence-corrected chi connectivity index (χ3v) is 5.81. The van der Waals surface area contributed by atoms with Crippen LogP contribution < -0.4 is 10.1 Å². The Morgan fingerprint density at radius 1 is 1.31 bits per heavy atom. The molecule has 0 saturated carbocycles. The molecular weight excluding hydrogens is 370 g/mol. The molecule has 1 aromatic carbocycles. The molecule has 0 unspecified atom stereocenters. The van der Waals surface area contributed by atoms with E-state index >= 15 is 0 Å². The Labute approximate surface area is 163 Å². The van der Waals surface area contributed by atoms with Crippen LogP contribution in [-0.2, 0) is 11.3 Å². The van der Waals surface area contributed by atoms with Crippen LogP contribution >= 0.6 is 22.9 Å². The van der Waals surface area contributed by atoms with E-state index in [1.165, 1.54) is 4.88 Å². The van der Waals surface area contributed by atoms with Crippen LogP contribution in [0.3, 0.4) is 0 Å². The van der Waals surface area contributed by atoms with Crippen molar-refractivity contribution in [2.45, 2.75) is 19.5 Å². The van der Waals surface area contributed by atoms with E-state index in [1.807, 2.05) is 6.92 Å². The molecule has 1 aliphatic rings. The maximum Gasteiger partial charge on any atom is 0.241 e. The zero-order valence-corrected chi connectivity index (χ0v) is 16.6. The lowest BCUT2D eigenvalue weighted by atomic mass is 10.2. The topological polar surface area (TPSA) is 44.8 Å². The highest BCUT2D eigenvalue weighted by molar-refractivity contribution is 7.09. The molecule has 3 rings (SSSR count). The molecule has 7 heteroatoms. The number of benzene rings is 1. The number of amides is 1. The third-order valence-electron chi connectivity index (χ3n) is 4.71. The number of nitrogens with zero attached hydrogens (tertiary/aromatic N) is 2. The molecule has 1 amide bonds. The maximum absolute atomic E-state index is 12.7. The first-order chi connectivity index (χ1) is 12.6. The van der Waals surface area contributed by atoms with Gasteiger partial charge in [-0.3, -0.25) is 14.6 Å². The number of carbonyl (C=O) groups is 1. The van der Waals surface area contributed by atoms with Gasteiger partial charge in [-0.25, -0.2) is 0 Å². The smallest absolute Gasteiger partial charge is 0.241 e. The van der Waals surface area contributed by atoms with E-state index in [1.54, 1.807) is 36.6 Å². The Morgan fingerprint density at radius 2 is 2.08 bits per heavy atom. The van der Waals surface area contributed by atoms with Gasteiger partial charge < -0.3 is 10.1 Å². The summed E-state index contributed by atoms with van der Waals surface area (Å²) in [5, 5.41) is 5.62. The molecule has 1 aliphatic heterocycles. The van der Waals surface area contributed by atoms with Gasteiger partial charge in [0.2, 0.25) is 5.91 Å². The Balaban J connectivity index is 1.54. The predicted molar refractivity (Wildman–Crippen MR) is 107 cm³/mol. The van der Waals surface area contributed by atoms with Gasteiger partial charge in [0.25, 0.3) is 0 Å². The lowest BCUT2D eigenvalue weighted by molar-refractivity contribution is -0.121. The second-order valence-corrected chi connectivity index (χ2v) is 7.87. The van der Waals surface area contributed by atoms with Crippen LogP contribution in [0.25, 0.3) is 0 Å². The fourth-order valence-electron chi connectivity index (χ4n) is 3.11. The number of anilines is 1. The molecule has 5 nitrogen and oxygen atoms in total. The fraction of sp³-hybridized carbons (Fsp3) is 0.421. The third kappa shape index (κ3) is 4.76. The molecular formula is C19H24ClN3O2S. The van der Waals surface area contributed by atoms with Crippen LogP contribution in [0.2, 0.25) is 5.02 Å². The summed E-state index contributed by atoms with van der Waals surface area (Å²) in [4.78, 5) is 18.7. The second kappa shape index (κ2) is 8.86. The average Bonchev–Trinajstić information content (AvgIpc) is 3.15. The van der Waals surface area contributed by atoms with Crippen molar-refractivity contribution < 1.29 is 9.53 Å². The monoisotopic (exact) mass is 393 g/mol. The Kier molecular flexibility index (Phi) is 6.53. The number of carbonyl (C=O) groups excluding carboxylic acids is 1. The van der Waals surface area contributed by atoms with Crippen molar-refractivity contribution in [2.75, 3.05) is 38.6 Å². The molecule has 0 bridgehead atoms. The number of ether oxygens (including phenoxy) is 1. The highest BCUT2D eigenvalue weighted by Crippen LogP contribution is 2.28. The predicted octanol–water partition coefficient (Wildman–Crippen LogP) is 3.55. The van der Waals surface area contributed by atoms with Gasteiger partial charge in [-0.15, -0.1) is 11.3 Å². The van der Waals surface area contributed by atoms with Crippen LogP contribution in [0.15, 0.2) is 35.7 Å². The summed E-state index contributed by atoms with van der Waals surface area (Å²) in [7, 11) is 1.58. The van der Waals surface area contributed by atoms with E-state index in [0.717, 1.165) is 32.7 Å². The first kappa shape index (κ1) is 19.2. The fourth-order valence-corrected chi connectivity index (χ4v) is 4.03. The van der Waals surface area contributed by atoms with E-state index in [0.29, 0.717) is 16.5 Å². The number of thiophene rings is 1. The summed E-state index contributed by atoms with van der Waals surface area (Å²) in [6.45, 7) is 6.64. The number of rotatable bonds is 6. The average molecular weight is 394 g/mol. The van der Waals surface area contributed by atoms with Crippen molar-refractivity contribution in [3.63, 3.8) is 0 Å². The second-order valence-electron chi connectivity index (χ2n) is 6.40. The molecule has 140 valence electrons. The number of halogens is 1. The first-order valence-corrected chi connectivity index (χ1v) is 9.96. The SMILES string of the molecule is COc1ccc(Cl)cc1NC(=O)[C@H](C)N1CCN(Cc2cccs2)CC1. The molecule has 1 saturated heterocycles. The quantitative estimate of drug-likeness (QED) is 0.815. The minimum absolute atomic E-state index is 0.0442. The van der Waals surface area contributed by atoms with Crippen LogP contribution in [0.1, 0.15) is 11.8 Å². The Bertz CT molecular complexity index is 730. The molecule has 2 aromatic rings. The van der Waals surface area contributed by atoms with Crippen molar-refractivity contribution in [3.05, 3.63) is 45.6 Å². The lowest BCUT2D eigenvalue weighted by Gasteiger charge is -2.37. The zero-order valence-electron chi connectivity index (χ0n) is 15.1. The largest absolute Gasteiger partial charge is 0.495 e. The molecule has 26 heavy (non-hydrogen) atoms. The van der Waals surface area contributed by atoms with Gasteiger partial charge >= 0.3 is 0 Å². The van der Waals surface area contributed by atoms with Gasteiger partial charge in [0, 0.05) is 42.6 Å². The summed E-state index contributed by atoms with van der Waals surface area (Å²) in [5.41, 5.74) is 0.605. The van der Waals surface area contributed by atoms with Crippen molar-refractivity contribution in [3.8, 4) is 5.75 Å². The van der Waals surface area contributed by atoms with Crippen molar-refractivity contribution in [2.24, 2.45) is 0 Å². The summed E-state index contributed by atoms with van der Waals surface area (Å²) >= 11 is 7.83. The highest BCUT2D eigenvalue weighted by Gasteiger charge is 2.26. The lowest BCUT2D eigenvalue weighted by Crippen LogP contribution is -2.52. The molecule has 0 radical (unpaired) electrons. The number of methoxy groups -OCH3 is 1. The Morgan fingerprint density at radius 3 is 2.73 bits per heavy atom. The minimum Gasteiger partial charge on any atom is -0.495 e. The van der Waals surface area contributed by atoms with E-state index in [4.69, 9.17) is 16.3 Å². The van der Waals surface area contributed by atoms with E-state index < -0.39 is 0 Å². The molecule has 1 N–H and O–H groups in total. The van der Waals surface area contributed by atoms with Crippen LogP contribution in [-0.4, -0.2) is 55.0 Å².